The number of hydrogen-bond acceptors (Lipinski definition) is 4. The van der Waals surface area contributed by atoms with E-state index in [2.05, 4.69) is 5.16 Å². The largest absolute Gasteiger partial charge is 0.361 e. The summed E-state index contributed by atoms with van der Waals surface area (Å²) >= 11 is 0. The Hall–Kier alpha value is -1.36. The number of likely N-dealkylation sites (tertiary alicyclic amines) is 1. The zero-order valence-corrected chi connectivity index (χ0v) is 11.8. The van der Waals surface area contributed by atoms with Crippen molar-refractivity contribution in [1.29, 1.82) is 0 Å². The van der Waals surface area contributed by atoms with Crippen LogP contribution in [-0.2, 0) is 24.1 Å². The molecule has 1 unspecified atom stereocenters. The second-order valence-corrected chi connectivity index (χ2v) is 5.15. The minimum absolute atomic E-state index is 0.170. The monoisotopic (exact) mass is 265 g/mol. The van der Waals surface area contributed by atoms with E-state index in [4.69, 9.17) is 10.3 Å². The van der Waals surface area contributed by atoms with Crippen LogP contribution in [0.15, 0.2) is 4.52 Å². The highest BCUT2D eigenvalue weighted by Gasteiger charge is 2.27. The van der Waals surface area contributed by atoms with E-state index in [0.717, 1.165) is 49.4 Å². The van der Waals surface area contributed by atoms with Crippen LogP contribution in [0.5, 0.6) is 0 Å². The average molecular weight is 265 g/mol. The first kappa shape index (κ1) is 14.1. The summed E-state index contributed by atoms with van der Waals surface area (Å²) in [5, 5.41) is 4.05. The third-order valence-corrected chi connectivity index (χ3v) is 3.91. The predicted octanol–water partition coefficient (Wildman–Crippen LogP) is 1.15. The molecule has 0 aromatic carbocycles. The summed E-state index contributed by atoms with van der Waals surface area (Å²) < 4.78 is 5.30. The van der Waals surface area contributed by atoms with Gasteiger partial charge >= 0.3 is 0 Å². The zero-order chi connectivity index (χ0) is 13.8. The summed E-state index contributed by atoms with van der Waals surface area (Å²) in [5.74, 6) is 1.48. The highest BCUT2D eigenvalue weighted by Crippen LogP contribution is 2.20. The summed E-state index contributed by atoms with van der Waals surface area (Å²) in [7, 11) is 0. The first-order chi connectivity index (χ1) is 9.19. The smallest absolute Gasteiger partial charge is 0.227 e. The molecule has 5 heteroatoms. The molecule has 1 aliphatic rings. The fraction of sp³-hybridized carbons (Fsp3) is 0.714. The van der Waals surface area contributed by atoms with Gasteiger partial charge in [-0.2, -0.15) is 0 Å². The molecule has 5 nitrogen and oxygen atoms in total. The minimum atomic E-state index is 0.170. The van der Waals surface area contributed by atoms with Crippen LogP contribution in [0.3, 0.4) is 0 Å². The fourth-order valence-electron chi connectivity index (χ4n) is 2.65. The molecule has 0 radical (unpaired) electrons. The second-order valence-electron chi connectivity index (χ2n) is 5.15. The fourth-order valence-corrected chi connectivity index (χ4v) is 2.65. The van der Waals surface area contributed by atoms with Crippen LogP contribution < -0.4 is 5.73 Å². The van der Waals surface area contributed by atoms with E-state index in [-0.39, 0.29) is 5.91 Å². The SMILES string of the molecule is CCc1noc(CC)c1CC(=O)N1CCC(CN)C1. The molecule has 0 bridgehead atoms. The van der Waals surface area contributed by atoms with Crippen molar-refractivity contribution in [3.05, 3.63) is 17.0 Å². The molecule has 1 fully saturated rings. The van der Waals surface area contributed by atoms with Crippen LogP contribution in [0, 0.1) is 5.92 Å². The van der Waals surface area contributed by atoms with E-state index in [9.17, 15) is 4.79 Å². The molecule has 1 aromatic rings. The maximum absolute atomic E-state index is 12.3. The minimum Gasteiger partial charge on any atom is -0.361 e. The van der Waals surface area contributed by atoms with Crippen LogP contribution in [-0.4, -0.2) is 35.6 Å². The van der Waals surface area contributed by atoms with Gasteiger partial charge in [0, 0.05) is 25.1 Å². The molecular weight excluding hydrogens is 242 g/mol. The summed E-state index contributed by atoms with van der Waals surface area (Å²) in [6.07, 6.45) is 3.01. The number of rotatable bonds is 5. The number of hydrogen-bond donors (Lipinski definition) is 1. The Labute approximate surface area is 114 Å². The lowest BCUT2D eigenvalue weighted by Crippen LogP contribution is -2.31. The molecule has 2 N–H and O–H groups in total. The average Bonchev–Trinajstić information content (AvgIpc) is 3.04. The molecular formula is C14H23N3O2. The van der Waals surface area contributed by atoms with Crippen molar-refractivity contribution in [2.45, 2.75) is 39.5 Å². The number of aryl methyl sites for hydroxylation is 2. The standard InChI is InChI=1S/C14H23N3O2/c1-3-12-11(13(4-2)19-16-12)7-14(18)17-6-5-10(8-15)9-17/h10H,3-9,15H2,1-2H3. The Bertz CT molecular complexity index is 420. The lowest BCUT2D eigenvalue weighted by Gasteiger charge is -2.16. The molecule has 2 heterocycles. The Morgan fingerprint density at radius 2 is 2.26 bits per heavy atom. The second kappa shape index (κ2) is 6.19. The molecule has 1 aromatic heterocycles. The van der Waals surface area contributed by atoms with Crippen molar-refractivity contribution in [2.75, 3.05) is 19.6 Å². The molecule has 19 heavy (non-hydrogen) atoms. The topological polar surface area (TPSA) is 72.4 Å². The molecule has 0 saturated carbocycles. The van der Waals surface area contributed by atoms with Gasteiger partial charge in [-0.1, -0.05) is 19.0 Å². The van der Waals surface area contributed by atoms with Gasteiger partial charge in [0.25, 0.3) is 0 Å². The van der Waals surface area contributed by atoms with Crippen molar-refractivity contribution in [3.63, 3.8) is 0 Å². The number of nitrogens with two attached hydrogens (primary N) is 1. The first-order valence-corrected chi connectivity index (χ1v) is 7.13. The van der Waals surface area contributed by atoms with Gasteiger partial charge in [-0.25, -0.2) is 0 Å². The van der Waals surface area contributed by atoms with Crippen molar-refractivity contribution in [3.8, 4) is 0 Å². The normalized spacial score (nSPS) is 19.1. The molecule has 2 rings (SSSR count). The van der Waals surface area contributed by atoms with Gasteiger partial charge in [0.2, 0.25) is 5.91 Å². The van der Waals surface area contributed by atoms with Crippen LogP contribution in [0.25, 0.3) is 0 Å². The van der Waals surface area contributed by atoms with Crippen molar-refractivity contribution in [2.24, 2.45) is 11.7 Å². The summed E-state index contributed by atoms with van der Waals surface area (Å²) in [5.41, 5.74) is 7.57. The molecule has 1 atom stereocenters. The third-order valence-electron chi connectivity index (χ3n) is 3.91. The van der Waals surface area contributed by atoms with Gasteiger partial charge < -0.3 is 15.2 Å². The van der Waals surface area contributed by atoms with E-state index < -0.39 is 0 Å². The Morgan fingerprint density at radius 3 is 2.84 bits per heavy atom. The summed E-state index contributed by atoms with van der Waals surface area (Å²) in [4.78, 5) is 14.2. The number of aromatic nitrogens is 1. The molecule has 106 valence electrons. The van der Waals surface area contributed by atoms with Crippen molar-refractivity contribution in [1.82, 2.24) is 10.1 Å². The third kappa shape index (κ3) is 2.97. The lowest BCUT2D eigenvalue weighted by atomic mass is 10.1. The summed E-state index contributed by atoms with van der Waals surface area (Å²) in [6.45, 7) is 6.34. The highest BCUT2D eigenvalue weighted by molar-refractivity contribution is 5.79. The molecule has 0 aliphatic carbocycles. The van der Waals surface area contributed by atoms with E-state index in [1.165, 1.54) is 0 Å². The Morgan fingerprint density at radius 1 is 1.47 bits per heavy atom. The van der Waals surface area contributed by atoms with E-state index >= 15 is 0 Å². The predicted molar refractivity (Wildman–Crippen MR) is 72.7 cm³/mol. The number of nitrogens with zero attached hydrogens (tertiary/aromatic N) is 2. The maximum Gasteiger partial charge on any atom is 0.227 e. The van der Waals surface area contributed by atoms with Crippen LogP contribution in [0.1, 0.15) is 37.3 Å². The molecule has 1 amide bonds. The Kier molecular flexibility index (Phi) is 4.58. The zero-order valence-electron chi connectivity index (χ0n) is 11.8. The number of carbonyl (C=O) groups excluding carboxylic acids is 1. The van der Waals surface area contributed by atoms with Gasteiger partial charge in [-0.05, 0) is 25.3 Å². The van der Waals surface area contributed by atoms with Gasteiger partial charge in [0.1, 0.15) is 5.76 Å². The Balaban J connectivity index is 2.04. The molecule has 1 saturated heterocycles. The van der Waals surface area contributed by atoms with Gasteiger partial charge in [-0.3, -0.25) is 4.79 Å². The number of amides is 1. The molecule has 0 spiro atoms. The van der Waals surface area contributed by atoms with Gasteiger partial charge in [0.15, 0.2) is 0 Å². The van der Waals surface area contributed by atoms with Gasteiger partial charge in [-0.15, -0.1) is 0 Å². The van der Waals surface area contributed by atoms with Crippen molar-refractivity contribution >= 4 is 5.91 Å². The van der Waals surface area contributed by atoms with Gasteiger partial charge in [0.05, 0.1) is 12.1 Å². The van der Waals surface area contributed by atoms with Crippen molar-refractivity contribution < 1.29 is 9.32 Å². The quantitative estimate of drug-likeness (QED) is 0.866. The summed E-state index contributed by atoms with van der Waals surface area (Å²) in [6, 6.07) is 0. The van der Waals surface area contributed by atoms with E-state index in [1.54, 1.807) is 0 Å². The first-order valence-electron chi connectivity index (χ1n) is 7.13. The van der Waals surface area contributed by atoms with E-state index in [0.29, 0.717) is 18.9 Å². The van der Waals surface area contributed by atoms with Crippen LogP contribution in [0.4, 0.5) is 0 Å². The maximum atomic E-state index is 12.3. The highest BCUT2D eigenvalue weighted by atomic mass is 16.5. The van der Waals surface area contributed by atoms with E-state index in [1.807, 2.05) is 18.7 Å². The van der Waals surface area contributed by atoms with Crippen LogP contribution >= 0.6 is 0 Å². The van der Waals surface area contributed by atoms with Crippen LogP contribution in [0.2, 0.25) is 0 Å². The lowest BCUT2D eigenvalue weighted by molar-refractivity contribution is -0.129. The molecule has 1 aliphatic heterocycles. The number of carbonyl (C=O) groups is 1.